The topological polar surface area (TPSA) is 51.0 Å². The highest BCUT2D eigenvalue weighted by Crippen LogP contribution is 2.32. The van der Waals surface area contributed by atoms with E-state index in [0.29, 0.717) is 12.5 Å². The van der Waals surface area contributed by atoms with Gasteiger partial charge in [0.05, 0.1) is 7.11 Å². The largest absolute Gasteiger partial charge is 0.497 e. The third-order valence-electron chi connectivity index (χ3n) is 4.05. The van der Waals surface area contributed by atoms with Crippen LogP contribution in [0.2, 0.25) is 0 Å². The second-order valence-corrected chi connectivity index (χ2v) is 6.32. The molecule has 0 spiro atoms. The van der Waals surface area contributed by atoms with Crippen molar-refractivity contribution < 1.29 is 4.74 Å². The van der Waals surface area contributed by atoms with Gasteiger partial charge in [-0.15, -0.1) is 11.3 Å². The number of nitrogens with two attached hydrogens (primary N) is 1. The highest BCUT2D eigenvalue weighted by atomic mass is 32.1. The summed E-state index contributed by atoms with van der Waals surface area (Å²) >= 11 is 1.81. The molecule has 0 amide bonds. The van der Waals surface area contributed by atoms with Crippen LogP contribution >= 0.6 is 11.3 Å². The Morgan fingerprint density at radius 2 is 2.19 bits per heavy atom. The third-order valence-corrected chi connectivity index (χ3v) is 5.09. The van der Waals surface area contributed by atoms with Crippen LogP contribution in [0.25, 0.3) is 10.9 Å². The van der Waals surface area contributed by atoms with Crippen LogP contribution in [0.15, 0.2) is 35.8 Å². The smallest absolute Gasteiger partial charge is 0.119 e. The van der Waals surface area contributed by atoms with Crippen molar-refractivity contribution in [1.82, 2.24) is 4.98 Å². The zero-order chi connectivity index (χ0) is 14.8. The molecule has 2 heterocycles. The van der Waals surface area contributed by atoms with Gasteiger partial charge in [0.25, 0.3) is 0 Å². The number of nitrogens with one attached hydrogen (secondary N) is 1. The number of hydrogen-bond donors (Lipinski definition) is 2. The van der Waals surface area contributed by atoms with Gasteiger partial charge in [-0.25, -0.2) is 0 Å². The molecule has 3 rings (SSSR count). The van der Waals surface area contributed by atoms with Crippen molar-refractivity contribution in [2.75, 3.05) is 13.7 Å². The van der Waals surface area contributed by atoms with Gasteiger partial charge in [-0.05, 0) is 60.7 Å². The van der Waals surface area contributed by atoms with Crippen LogP contribution < -0.4 is 10.5 Å². The van der Waals surface area contributed by atoms with E-state index in [0.717, 1.165) is 17.7 Å². The Morgan fingerprint density at radius 3 is 2.86 bits per heavy atom. The molecule has 0 saturated carbocycles. The molecule has 3 N–H and O–H groups in total. The van der Waals surface area contributed by atoms with E-state index in [1.807, 2.05) is 17.4 Å². The summed E-state index contributed by atoms with van der Waals surface area (Å²) in [5.74, 6) is 1.20. The van der Waals surface area contributed by atoms with Crippen LogP contribution in [-0.2, 0) is 6.42 Å². The van der Waals surface area contributed by atoms with E-state index in [4.69, 9.17) is 10.5 Å². The molecule has 2 aromatic heterocycles. The van der Waals surface area contributed by atoms with E-state index in [1.54, 1.807) is 7.11 Å². The van der Waals surface area contributed by atoms with E-state index in [9.17, 15) is 0 Å². The SMILES string of the molecule is COc1ccc2[nH]cc(C(CN)Cc3sccc3C)c2c1. The lowest BCUT2D eigenvalue weighted by Crippen LogP contribution is -2.14. The molecule has 0 saturated heterocycles. The summed E-state index contributed by atoms with van der Waals surface area (Å²) in [5, 5.41) is 3.36. The Hall–Kier alpha value is -1.78. The molecule has 0 radical (unpaired) electrons. The molecule has 4 heteroatoms. The molecule has 0 aliphatic heterocycles. The van der Waals surface area contributed by atoms with Crippen LogP contribution in [0.1, 0.15) is 21.9 Å². The van der Waals surface area contributed by atoms with Crippen molar-refractivity contribution in [3.8, 4) is 5.75 Å². The molecule has 0 aliphatic carbocycles. The normalized spacial score (nSPS) is 12.7. The number of thiophene rings is 1. The molecule has 1 atom stereocenters. The number of methoxy groups -OCH3 is 1. The van der Waals surface area contributed by atoms with Crippen LogP contribution in [0, 0.1) is 6.92 Å². The van der Waals surface area contributed by atoms with Gasteiger partial charge in [-0.2, -0.15) is 0 Å². The number of fused-ring (bicyclic) bond motifs is 1. The van der Waals surface area contributed by atoms with Crippen molar-refractivity contribution >= 4 is 22.2 Å². The summed E-state index contributed by atoms with van der Waals surface area (Å²) in [6, 6.07) is 8.29. The Bertz CT molecular complexity index is 744. The summed E-state index contributed by atoms with van der Waals surface area (Å²) in [6.45, 7) is 2.80. The molecule has 1 unspecified atom stereocenters. The van der Waals surface area contributed by atoms with E-state index < -0.39 is 0 Å². The van der Waals surface area contributed by atoms with Gasteiger partial charge < -0.3 is 15.5 Å². The number of hydrogen-bond acceptors (Lipinski definition) is 3. The van der Waals surface area contributed by atoms with Crippen molar-refractivity contribution in [2.24, 2.45) is 5.73 Å². The monoisotopic (exact) mass is 300 g/mol. The molecule has 21 heavy (non-hydrogen) atoms. The van der Waals surface area contributed by atoms with Gasteiger partial charge in [0.15, 0.2) is 0 Å². The fourth-order valence-electron chi connectivity index (χ4n) is 2.74. The fourth-order valence-corrected chi connectivity index (χ4v) is 3.73. The van der Waals surface area contributed by atoms with Crippen LogP contribution in [0.3, 0.4) is 0 Å². The lowest BCUT2D eigenvalue weighted by atomic mass is 9.94. The van der Waals surface area contributed by atoms with Crippen LogP contribution in [0.5, 0.6) is 5.75 Å². The molecule has 0 aliphatic rings. The number of rotatable bonds is 5. The summed E-state index contributed by atoms with van der Waals surface area (Å²) < 4.78 is 5.34. The van der Waals surface area contributed by atoms with E-state index in [2.05, 4.69) is 41.7 Å². The second kappa shape index (κ2) is 5.92. The van der Waals surface area contributed by atoms with Crippen molar-refractivity contribution in [1.29, 1.82) is 0 Å². The van der Waals surface area contributed by atoms with Gasteiger partial charge >= 0.3 is 0 Å². The van der Waals surface area contributed by atoms with Gasteiger partial charge in [0.2, 0.25) is 0 Å². The van der Waals surface area contributed by atoms with Crippen molar-refractivity contribution in [3.05, 3.63) is 51.8 Å². The molecule has 110 valence electrons. The Morgan fingerprint density at radius 1 is 1.33 bits per heavy atom. The summed E-state index contributed by atoms with van der Waals surface area (Å²) in [6.07, 6.45) is 3.08. The number of benzene rings is 1. The van der Waals surface area contributed by atoms with Gasteiger partial charge in [0, 0.05) is 27.9 Å². The Kier molecular flexibility index (Phi) is 3.99. The molecule has 1 aromatic carbocycles. The molecular weight excluding hydrogens is 280 g/mol. The first-order chi connectivity index (χ1) is 10.2. The quantitative estimate of drug-likeness (QED) is 0.752. The number of aryl methyl sites for hydroxylation is 1. The fraction of sp³-hybridized carbons (Fsp3) is 0.294. The summed E-state index contributed by atoms with van der Waals surface area (Å²) in [7, 11) is 1.70. The minimum Gasteiger partial charge on any atom is -0.497 e. The standard InChI is InChI=1S/C17H20N2OS/c1-11-5-6-21-17(11)7-12(9-18)15-10-19-16-4-3-13(20-2)8-14(15)16/h3-6,8,10,12,19H,7,9,18H2,1-2H3. The predicted molar refractivity (Wildman–Crippen MR) is 89.4 cm³/mol. The average Bonchev–Trinajstić information content (AvgIpc) is 3.10. The van der Waals surface area contributed by atoms with E-state index in [-0.39, 0.29) is 0 Å². The number of H-pyrrole nitrogens is 1. The number of aromatic amines is 1. The molecule has 3 aromatic rings. The highest BCUT2D eigenvalue weighted by Gasteiger charge is 2.17. The highest BCUT2D eigenvalue weighted by molar-refractivity contribution is 7.10. The number of ether oxygens (including phenoxy) is 1. The molecule has 0 bridgehead atoms. The third kappa shape index (κ3) is 2.69. The molecule has 0 fully saturated rings. The molecule has 3 nitrogen and oxygen atoms in total. The first kappa shape index (κ1) is 14.2. The van der Waals surface area contributed by atoms with Gasteiger partial charge in [-0.3, -0.25) is 0 Å². The minimum atomic E-state index is 0.322. The molecular formula is C17H20N2OS. The van der Waals surface area contributed by atoms with Crippen molar-refractivity contribution in [2.45, 2.75) is 19.3 Å². The zero-order valence-electron chi connectivity index (χ0n) is 12.3. The maximum absolute atomic E-state index is 6.05. The Balaban J connectivity index is 1.98. The number of aromatic nitrogens is 1. The maximum Gasteiger partial charge on any atom is 0.119 e. The van der Waals surface area contributed by atoms with Gasteiger partial charge in [-0.1, -0.05) is 0 Å². The zero-order valence-corrected chi connectivity index (χ0v) is 13.2. The van der Waals surface area contributed by atoms with Crippen LogP contribution in [0.4, 0.5) is 0 Å². The predicted octanol–water partition coefficient (Wildman–Crippen LogP) is 3.83. The lowest BCUT2D eigenvalue weighted by molar-refractivity contribution is 0.415. The minimum absolute atomic E-state index is 0.322. The van der Waals surface area contributed by atoms with Crippen molar-refractivity contribution in [3.63, 3.8) is 0 Å². The van der Waals surface area contributed by atoms with E-state index >= 15 is 0 Å². The summed E-state index contributed by atoms with van der Waals surface area (Å²) in [4.78, 5) is 4.76. The van der Waals surface area contributed by atoms with Gasteiger partial charge in [0.1, 0.15) is 5.75 Å². The first-order valence-electron chi connectivity index (χ1n) is 7.11. The second-order valence-electron chi connectivity index (χ2n) is 5.32. The summed E-state index contributed by atoms with van der Waals surface area (Å²) in [5.41, 5.74) is 9.82. The Labute approximate surface area is 128 Å². The van der Waals surface area contributed by atoms with Crippen LogP contribution in [-0.4, -0.2) is 18.6 Å². The first-order valence-corrected chi connectivity index (χ1v) is 7.99. The van der Waals surface area contributed by atoms with E-state index in [1.165, 1.54) is 21.4 Å². The maximum atomic E-state index is 6.05. The lowest BCUT2D eigenvalue weighted by Gasteiger charge is -2.14. The average molecular weight is 300 g/mol.